The molecule has 2 rings (SSSR count). The number of benzene rings is 1. The minimum Gasteiger partial charge on any atom is -0.299 e. The van der Waals surface area contributed by atoms with Gasteiger partial charge in [0.2, 0.25) is 0 Å². The Kier molecular flexibility index (Phi) is 2.91. The van der Waals surface area contributed by atoms with Crippen molar-refractivity contribution in [2.45, 2.75) is 24.8 Å². The zero-order valence-electron chi connectivity index (χ0n) is 7.86. The van der Waals surface area contributed by atoms with E-state index in [2.05, 4.69) is 42.6 Å². The van der Waals surface area contributed by atoms with Gasteiger partial charge in [0.05, 0.1) is 5.37 Å². The van der Waals surface area contributed by atoms with Crippen LogP contribution in [0.4, 0.5) is 0 Å². The molecule has 70 valence electrons. The summed E-state index contributed by atoms with van der Waals surface area (Å²) < 4.78 is 0. The molecule has 1 fully saturated rings. The first-order valence-electron chi connectivity index (χ1n) is 4.79. The second kappa shape index (κ2) is 4.16. The Morgan fingerprint density at radius 1 is 1.31 bits per heavy atom. The summed E-state index contributed by atoms with van der Waals surface area (Å²) in [6.07, 6.45) is 1.29. The van der Waals surface area contributed by atoms with E-state index in [1.165, 1.54) is 17.7 Å². The molecule has 1 heterocycles. The van der Waals surface area contributed by atoms with Gasteiger partial charge in [0.1, 0.15) is 0 Å². The van der Waals surface area contributed by atoms with Gasteiger partial charge >= 0.3 is 0 Å². The Labute approximate surface area is 83.9 Å². The molecule has 0 aromatic heterocycles. The third-order valence-corrected chi connectivity index (χ3v) is 3.59. The normalized spacial score (nSPS) is 28.7. The van der Waals surface area contributed by atoms with Crippen LogP contribution in [0.2, 0.25) is 0 Å². The van der Waals surface area contributed by atoms with Crippen LogP contribution in [0.25, 0.3) is 0 Å². The average molecular weight is 193 g/mol. The van der Waals surface area contributed by atoms with Crippen LogP contribution in [0.5, 0.6) is 0 Å². The second-order valence-corrected chi connectivity index (χ2v) is 4.73. The average Bonchev–Trinajstić information content (AvgIpc) is 2.19. The van der Waals surface area contributed by atoms with Crippen LogP contribution in [0.1, 0.15) is 24.3 Å². The molecule has 1 aliphatic rings. The highest BCUT2D eigenvalue weighted by Gasteiger charge is 2.18. The van der Waals surface area contributed by atoms with Crippen LogP contribution < -0.4 is 5.32 Å². The van der Waals surface area contributed by atoms with Crippen molar-refractivity contribution in [3.63, 3.8) is 0 Å². The van der Waals surface area contributed by atoms with Crippen molar-refractivity contribution in [3.8, 4) is 0 Å². The molecule has 0 aliphatic carbocycles. The van der Waals surface area contributed by atoms with Gasteiger partial charge in [0.15, 0.2) is 0 Å². The summed E-state index contributed by atoms with van der Waals surface area (Å²) in [4.78, 5) is 0. The van der Waals surface area contributed by atoms with Crippen molar-refractivity contribution in [1.29, 1.82) is 0 Å². The summed E-state index contributed by atoms with van der Waals surface area (Å²) in [7, 11) is 0. The lowest BCUT2D eigenvalue weighted by molar-refractivity contribution is 0.512. The first kappa shape index (κ1) is 9.10. The van der Waals surface area contributed by atoms with Gasteiger partial charge in [-0.3, -0.25) is 5.32 Å². The molecule has 0 saturated carbocycles. The highest BCUT2D eigenvalue weighted by molar-refractivity contribution is 7.99. The van der Waals surface area contributed by atoms with Crippen molar-refractivity contribution in [2.75, 3.05) is 5.75 Å². The summed E-state index contributed by atoms with van der Waals surface area (Å²) in [6, 6.07) is 11.3. The molecule has 0 radical (unpaired) electrons. The van der Waals surface area contributed by atoms with Crippen molar-refractivity contribution in [3.05, 3.63) is 35.9 Å². The zero-order chi connectivity index (χ0) is 9.10. The zero-order valence-corrected chi connectivity index (χ0v) is 8.68. The molecular weight excluding hydrogens is 178 g/mol. The van der Waals surface area contributed by atoms with Crippen LogP contribution >= 0.6 is 11.8 Å². The van der Waals surface area contributed by atoms with Crippen molar-refractivity contribution >= 4 is 11.8 Å². The summed E-state index contributed by atoms with van der Waals surface area (Å²) in [6.45, 7) is 2.26. The highest BCUT2D eigenvalue weighted by atomic mass is 32.2. The van der Waals surface area contributed by atoms with Gasteiger partial charge in [0.25, 0.3) is 0 Å². The van der Waals surface area contributed by atoms with Crippen molar-refractivity contribution < 1.29 is 0 Å². The molecule has 0 bridgehead atoms. The summed E-state index contributed by atoms with van der Waals surface area (Å²) in [5.74, 6) is 1.27. The highest BCUT2D eigenvalue weighted by Crippen LogP contribution is 2.30. The lowest BCUT2D eigenvalue weighted by Gasteiger charge is -2.28. The third kappa shape index (κ3) is 2.26. The number of rotatable bonds is 1. The maximum Gasteiger partial charge on any atom is 0.0791 e. The fourth-order valence-corrected chi connectivity index (χ4v) is 2.98. The molecule has 1 saturated heterocycles. The van der Waals surface area contributed by atoms with Gasteiger partial charge in [-0.1, -0.05) is 30.3 Å². The van der Waals surface area contributed by atoms with E-state index in [9.17, 15) is 0 Å². The standard InChI is InChI=1S/C11H15NS/c1-9-7-8-13-11(12-9)10-5-3-2-4-6-10/h2-6,9,11-12H,7-8H2,1H3. The van der Waals surface area contributed by atoms with Crippen LogP contribution in [0.15, 0.2) is 30.3 Å². The minimum absolute atomic E-state index is 0.505. The monoisotopic (exact) mass is 193 g/mol. The largest absolute Gasteiger partial charge is 0.299 e. The maximum absolute atomic E-state index is 3.60. The molecule has 0 spiro atoms. The lowest BCUT2D eigenvalue weighted by Crippen LogP contribution is -2.33. The maximum atomic E-state index is 3.60. The van der Waals surface area contributed by atoms with E-state index in [1.807, 2.05) is 11.8 Å². The molecule has 1 aliphatic heterocycles. The molecule has 0 amide bonds. The molecule has 1 aromatic rings. The topological polar surface area (TPSA) is 12.0 Å². The van der Waals surface area contributed by atoms with Gasteiger partial charge in [-0.05, 0) is 24.7 Å². The molecule has 2 unspecified atom stereocenters. The van der Waals surface area contributed by atoms with Gasteiger partial charge < -0.3 is 0 Å². The van der Waals surface area contributed by atoms with Crippen LogP contribution in [-0.4, -0.2) is 11.8 Å². The third-order valence-electron chi connectivity index (χ3n) is 2.37. The molecule has 1 aromatic carbocycles. The molecule has 13 heavy (non-hydrogen) atoms. The van der Waals surface area contributed by atoms with E-state index < -0.39 is 0 Å². The van der Waals surface area contributed by atoms with Crippen LogP contribution in [0.3, 0.4) is 0 Å². The summed E-state index contributed by atoms with van der Waals surface area (Å²) in [5, 5.41) is 4.10. The number of thioether (sulfide) groups is 1. The van der Waals surface area contributed by atoms with E-state index in [0.29, 0.717) is 11.4 Å². The van der Waals surface area contributed by atoms with E-state index in [4.69, 9.17) is 0 Å². The number of nitrogens with one attached hydrogen (secondary N) is 1. The van der Waals surface area contributed by atoms with E-state index in [-0.39, 0.29) is 0 Å². The van der Waals surface area contributed by atoms with Gasteiger partial charge in [0, 0.05) is 6.04 Å². The molecule has 2 heteroatoms. The smallest absolute Gasteiger partial charge is 0.0791 e. The lowest BCUT2D eigenvalue weighted by atomic mass is 10.2. The van der Waals surface area contributed by atoms with E-state index >= 15 is 0 Å². The van der Waals surface area contributed by atoms with E-state index in [1.54, 1.807) is 0 Å². The van der Waals surface area contributed by atoms with Crippen LogP contribution in [-0.2, 0) is 0 Å². The molecule has 1 nitrogen and oxygen atoms in total. The Balaban J connectivity index is 2.08. The van der Waals surface area contributed by atoms with Gasteiger partial charge in [-0.15, -0.1) is 11.8 Å². The van der Waals surface area contributed by atoms with Gasteiger partial charge in [-0.2, -0.15) is 0 Å². The predicted molar refractivity (Wildman–Crippen MR) is 58.9 cm³/mol. The van der Waals surface area contributed by atoms with E-state index in [0.717, 1.165) is 0 Å². The predicted octanol–water partition coefficient (Wildman–Crippen LogP) is 2.80. The molecule has 1 N–H and O–H groups in total. The quantitative estimate of drug-likeness (QED) is 0.736. The first-order chi connectivity index (χ1) is 6.36. The molecular formula is C11H15NS. The number of hydrogen-bond donors (Lipinski definition) is 1. The van der Waals surface area contributed by atoms with Crippen molar-refractivity contribution in [1.82, 2.24) is 5.32 Å². The van der Waals surface area contributed by atoms with Gasteiger partial charge in [-0.25, -0.2) is 0 Å². The fourth-order valence-electron chi connectivity index (χ4n) is 1.57. The Morgan fingerprint density at radius 3 is 2.77 bits per heavy atom. The Bertz CT molecular complexity index is 260. The second-order valence-electron chi connectivity index (χ2n) is 3.52. The Hall–Kier alpha value is -0.470. The molecule has 2 atom stereocenters. The fraction of sp³-hybridized carbons (Fsp3) is 0.455. The summed E-state index contributed by atoms with van der Waals surface area (Å²) in [5.41, 5.74) is 1.40. The SMILES string of the molecule is CC1CCSC(c2ccccc2)N1. The minimum atomic E-state index is 0.505. The van der Waals surface area contributed by atoms with Crippen LogP contribution in [0, 0.1) is 0 Å². The Morgan fingerprint density at radius 2 is 2.08 bits per heavy atom. The first-order valence-corrected chi connectivity index (χ1v) is 5.84. The van der Waals surface area contributed by atoms with Crippen molar-refractivity contribution in [2.24, 2.45) is 0 Å². The number of hydrogen-bond acceptors (Lipinski definition) is 2. The summed E-state index contributed by atoms with van der Waals surface area (Å²) >= 11 is 2.01.